The molecule has 2 rings (SSSR count). The third-order valence-corrected chi connectivity index (χ3v) is 4.38. The summed E-state index contributed by atoms with van der Waals surface area (Å²) in [5, 5.41) is 14.4. The van der Waals surface area contributed by atoms with Crippen molar-refractivity contribution in [3.63, 3.8) is 0 Å². The number of carbonyl (C=O) groups excluding carboxylic acids is 1. The molecular formula is C18H19ClN2O4. The van der Waals surface area contributed by atoms with Gasteiger partial charge in [0.15, 0.2) is 0 Å². The van der Waals surface area contributed by atoms with Gasteiger partial charge in [0.2, 0.25) is 0 Å². The van der Waals surface area contributed by atoms with E-state index in [-0.39, 0.29) is 17.8 Å². The van der Waals surface area contributed by atoms with Crippen molar-refractivity contribution >= 4 is 23.2 Å². The number of nitro benzene ring substituents is 1. The molecule has 0 aromatic heterocycles. The summed E-state index contributed by atoms with van der Waals surface area (Å²) in [4.78, 5) is 22.9. The summed E-state index contributed by atoms with van der Waals surface area (Å²) in [6, 6.07) is 11.6. The van der Waals surface area contributed by atoms with Gasteiger partial charge in [-0.15, -0.1) is 0 Å². The van der Waals surface area contributed by atoms with Crippen LogP contribution in [0.25, 0.3) is 0 Å². The van der Waals surface area contributed by atoms with Crippen molar-refractivity contribution in [3.8, 4) is 0 Å². The molecular weight excluding hydrogens is 344 g/mol. The highest BCUT2D eigenvalue weighted by atomic mass is 35.5. The van der Waals surface area contributed by atoms with E-state index in [9.17, 15) is 14.9 Å². The summed E-state index contributed by atoms with van der Waals surface area (Å²) in [7, 11) is 1.55. The number of hydrogen-bond acceptors (Lipinski definition) is 4. The first-order chi connectivity index (χ1) is 11.8. The lowest BCUT2D eigenvalue weighted by Gasteiger charge is -2.29. The highest BCUT2D eigenvalue weighted by molar-refractivity contribution is 6.30. The molecule has 6 nitrogen and oxygen atoms in total. The third kappa shape index (κ3) is 4.35. The van der Waals surface area contributed by atoms with Crippen LogP contribution < -0.4 is 5.32 Å². The number of methoxy groups -OCH3 is 1. The number of hydrogen-bond donors (Lipinski definition) is 1. The number of ether oxygens (including phenoxy) is 1. The third-order valence-electron chi connectivity index (χ3n) is 4.14. The molecule has 0 heterocycles. The van der Waals surface area contributed by atoms with E-state index in [2.05, 4.69) is 5.32 Å². The van der Waals surface area contributed by atoms with Crippen molar-refractivity contribution in [2.75, 3.05) is 13.7 Å². The van der Waals surface area contributed by atoms with E-state index in [4.69, 9.17) is 16.3 Å². The Bertz CT molecular complexity index is 809. The van der Waals surface area contributed by atoms with Crippen LogP contribution in [0.3, 0.4) is 0 Å². The number of nitrogens with zero attached hydrogens (tertiary/aromatic N) is 1. The SMILES string of the molecule is COC(C)(CNC(=O)c1ccc(C)c([N+](=O)[O-])c1)c1cccc(Cl)c1. The fourth-order valence-corrected chi connectivity index (χ4v) is 2.60. The van der Waals surface area contributed by atoms with E-state index < -0.39 is 16.4 Å². The Morgan fingerprint density at radius 2 is 2.04 bits per heavy atom. The van der Waals surface area contributed by atoms with Gasteiger partial charge in [-0.05, 0) is 37.6 Å². The number of benzene rings is 2. The maximum absolute atomic E-state index is 12.4. The molecule has 7 heteroatoms. The number of amides is 1. The fourth-order valence-electron chi connectivity index (χ4n) is 2.41. The highest BCUT2D eigenvalue weighted by Crippen LogP contribution is 2.26. The molecule has 1 unspecified atom stereocenters. The summed E-state index contributed by atoms with van der Waals surface area (Å²) in [5.74, 6) is -0.409. The topological polar surface area (TPSA) is 81.5 Å². The average Bonchev–Trinajstić information content (AvgIpc) is 2.59. The van der Waals surface area contributed by atoms with E-state index >= 15 is 0 Å². The molecule has 132 valence electrons. The zero-order valence-electron chi connectivity index (χ0n) is 14.2. The van der Waals surface area contributed by atoms with E-state index in [0.29, 0.717) is 10.6 Å². The number of nitrogens with one attached hydrogen (secondary N) is 1. The highest BCUT2D eigenvalue weighted by Gasteiger charge is 2.27. The van der Waals surface area contributed by atoms with Crippen molar-refractivity contribution in [3.05, 3.63) is 74.3 Å². The number of aryl methyl sites for hydroxylation is 1. The lowest BCUT2D eigenvalue weighted by Crippen LogP contribution is -2.40. The van der Waals surface area contributed by atoms with E-state index in [1.807, 2.05) is 13.0 Å². The van der Waals surface area contributed by atoms with Crippen LogP contribution in [0, 0.1) is 17.0 Å². The van der Waals surface area contributed by atoms with Crippen molar-refractivity contribution in [2.24, 2.45) is 0 Å². The average molecular weight is 363 g/mol. The lowest BCUT2D eigenvalue weighted by atomic mass is 9.95. The van der Waals surface area contributed by atoms with Crippen molar-refractivity contribution in [1.82, 2.24) is 5.32 Å². The zero-order valence-corrected chi connectivity index (χ0v) is 15.0. The molecule has 25 heavy (non-hydrogen) atoms. The van der Waals surface area contributed by atoms with E-state index in [1.165, 1.54) is 6.07 Å². The van der Waals surface area contributed by atoms with Crippen LogP contribution in [0.15, 0.2) is 42.5 Å². The first-order valence-corrected chi connectivity index (χ1v) is 7.99. The van der Waals surface area contributed by atoms with Crippen molar-refractivity contribution in [1.29, 1.82) is 0 Å². The van der Waals surface area contributed by atoms with Gasteiger partial charge in [-0.1, -0.05) is 29.8 Å². The quantitative estimate of drug-likeness (QED) is 0.625. The van der Waals surface area contributed by atoms with Crippen LogP contribution in [-0.2, 0) is 10.3 Å². The van der Waals surface area contributed by atoms with Crippen LogP contribution in [0.5, 0.6) is 0 Å². The number of carbonyl (C=O) groups is 1. The van der Waals surface area contributed by atoms with Crippen LogP contribution >= 0.6 is 11.6 Å². The smallest absolute Gasteiger partial charge is 0.273 e. The van der Waals surface area contributed by atoms with E-state index in [0.717, 1.165) is 5.56 Å². The van der Waals surface area contributed by atoms with Gasteiger partial charge in [0, 0.05) is 29.3 Å². The standard InChI is InChI=1S/C18H19ClN2O4/c1-12-7-8-13(9-16(12)21(23)24)17(22)20-11-18(2,25-3)14-5-4-6-15(19)10-14/h4-10H,11H2,1-3H3,(H,20,22). The molecule has 2 aromatic carbocycles. The maximum Gasteiger partial charge on any atom is 0.273 e. The molecule has 1 atom stereocenters. The van der Waals surface area contributed by atoms with Crippen LogP contribution in [0.1, 0.15) is 28.4 Å². The van der Waals surface area contributed by atoms with Gasteiger partial charge < -0.3 is 10.1 Å². The Morgan fingerprint density at radius 3 is 2.64 bits per heavy atom. The summed E-state index contributed by atoms with van der Waals surface area (Å²) in [5.41, 5.74) is 0.677. The largest absolute Gasteiger partial charge is 0.372 e. The van der Waals surface area contributed by atoms with Crippen LogP contribution in [-0.4, -0.2) is 24.5 Å². The minimum Gasteiger partial charge on any atom is -0.372 e. The fraction of sp³-hybridized carbons (Fsp3) is 0.278. The normalized spacial score (nSPS) is 13.1. The molecule has 0 fully saturated rings. The van der Waals surface area contributed by atoms with Gasteiger partial charge in [0.25, 0.3) is 11.6 Å². The first kappa shape index (κ1) is 18.9. The molecule has 0 bridgehead atoms. The molecule has 2 aromatic rings. The number of halogens is 1. The van der Waals surface area contributed by atoms with Crippen molar-refractivity contribution in [2.45, 2.75) is 19.4 Å². The Kier molecular flexibility index (Phi) is 5.77. The Morgan fingerprint density at radius 1 is 1.32 bits per heavy atom. The second-order valence-electron chi connectivity index (χ2n) is 5.89. The summed E-state index contributed by atoms with van der Waals surface area (Å²) in [6.07, 6.45) is 0. The maximum atomic E-state index is 12.4. The van der Waals surface area contributed by atoms with E-state index in [1.54, 1.807) is 44.4 Å². The number of nitro groups is 1. The van der Waals surface area contributed by atoms with Gasteiger partial charge in [-0.25, -0.2) is 0 Å². The summed E-state index contributed by atoms with van der Waals surface area (Å²) < 4.78 is 5.56. The Labute approximate surface area is 150 Å². The van der Waals surface area contributed by atoms with Crippen molar-refractivity contribution < 1.29 is 14.5 Å². The van der Waals surface area contributed by atoms with Crippen LogP contribution in [0.2, 0.25) is 5.02 Å². The zero-order chi connectivity index (χ0) is 18.6. The molecule has 0 saturated heterocycles. The van der Waals surface area contributed by atoms with Gasteiger partial charge in [-0.2, -0.15) is 0 Å². The molecule has 1 amide bonds. The predicted molar refractivity (Wildman–Crippen MR) is 96.0 cm³/mol. The second kappa shape index (κ2) is 7.63. The lowest BCUT2D eigenvalue weighted by molar-refractivity contribution is -0.385. The van der Waals surface area contributed by atoms with Gasteiger partial charge in [0.1, 0.15) is 5.60 Å². The number of rotatable bonds is 6. The molecule has 0 aliphatic heterocycles. The van der Waals surface area contributed by atoms with Gasteiger partial charge >= 0.3 is 0 Å². The monoisotopic (exact) mass is 362 g/mol. The minimum atomic E-state index is -0.781. The summed E-state index contributed by atoms with van der Waals surface area (Å²) >= 11 is 6.02. The molecule has 0 aliphatic carbocycles. The minimum absolute atomic E-state index is 0.0861. The van der Waals surface area contributed by atoms with Crippen LogP contribution in [0.4, 0.5) is 5.69 Å². The molecule has 0 radical (unpaired) electrons. The summed E-state index contributed by atoms with van der Waals surface area (Å²) in [6.45, 7) is 3.64. The molecule has 0 saturated carbocycles. The Hall–Kier alpha value is -2.44. The predicted octanol–water partition coefficient (Wildman–Crippen LogP) is 3.85. The first-order valence-electron chi connectivity index (χ1n) is 7.61. The molecule has 0 aliphatic rings. The Balaban J connectivity index is 2.17. The van der Waals surface area contributed by atoms with Gasteiger partial charge in [-0.3, -0.25) is 14.9 Å². The van der Waals surface area contributed by atoms with Gasteiger partial charge in [0.05, 0.1) is 11.5 Å². The second-order valence-corrected chi connectivity index (χ2v) is 6.32. The molecule has 1 N–H and O–H groups in total. The molecule has 0 spiro atoms.